The van der Waals surface area contributed by atoms with Crippen molar-refractivity contribution in [3.63, 3.8) is 0 Å². The summed E-state index contributed by atoms with van der Waals surface area (Å²) in [5.41, 5.74) is 1.19. The van der Waals surface area contributed by atoms with Crippen molar-refractivity contribution in [3.05, 3.63) is 76.8 Å². The molecule has 3 aromatic rings. The van der Waals surface area contributed by atoms with Gasteiger partial charge in [0.15, 0.2) is 5.82 Å². The van der Waals surface area contributed by atoms with Gasteiger partial charge in [-0.05, 0) is 55.5 Å². The first-order valence-corrected chi connectivity index (χ1v) is 14.0. The molecule has 0 aliphatic heterocycles. The number of aromatic nitrogens is 2. The normalized spacial score (nSPS) is 11.7. The number of carbonyl (C=O) groups is 4. The summed E-state index contributed by atoms with van der Waals surface area (Å²) in [4.78, 5) is 48.7. The Hall–Kier alpha value is -5.61. The average Bonchev–Trinajstić information content (AvgIpc) is 3.48. The summed E-state index contributed by atoms with van der Waals surface area (Å²) in [5.74, 6) is 2.64. The predicted molar refractivity (Wildman–Crippen MR) is 171 cm³/mol. The molecule has 0 aliphatic rings. The number of nitrogens with one attached hydrogen (secondary N) is 3. The molecule has 0 radical (unpaired) electrons. The van der Waals surface area contributed by atoms with Gasteiger partial charge in [-0.15, -0.1) is 5.10 Å². The van der Waals surface area contributed by atoms with E-state index >= 15 is 0 Å². The van der Waals surface area contributed by atoms with E-state index in [1.54, 1.807) is 16.9 Å². The number of carbonyl (C=O) groups excluding carboxylic acids is 3. The number of carboxylic acids is 1. The number of hydrogen-bond donors (Lipinski definition) is 5. The highest BCUT2D eigenvalue weighted by atomic mass is 35.5. The number of rotatable bonds is 15. The van der Waals surface area contributed by atoms with Crippen LogP contribution in [0.2, 0.25) is 5.02 Å². The van der Waals surface area contributed by atoms with Gasteiger partial charge < -0.3 is 20.5 Å². The van der Waals surface area contributed by atoms with Gasteiger partial charge in [-0.2, -0.15) is 10.2 Å². The van der Waals surface area contributed by atoms with Gasteiger partial charge in [-0.25, -0.2) is 15.0 Å². The summed E-state index contributed by atoms with van der Waals surface area (Å²) in [7, 11) is 0. The summed E-state index contributed by atoms with van der Waals surface area (Å²) in [6.45, 7) is 5.40. The first-order chi connectivity index (χ1) is 22.0. The summed E-state index contributed by atoms with van der Waals surface area (Å²) in [6, 6.07) is 9.28. The largest absolute Gasteiger partial charge is 0.481 e. The van der Waals surface area contributed by atoms with Crippen molar-refractivity contribution in [1.82, 2.24) is 15.1 Å². The zero-order valence-electron chi connectivity index (χ0n) is 24.5. The second kappa shape index (κ2) is 17.0. The number of hydrazine groups is 1. The lowest BCUT2D eigenvalue weighted by Gasteiger charge is -2.18. The van der Waals surface area contributed by atoms with Gasteiger partial charge in [-0.1, -0.05) is 11.6 Å². The second-order valence-electron chi connectivity index (χ2n) is 9.31. The van der Waals surface area contributed by atoms with Gasteiger partial charge in [0.05, 0.1) is 22.8 Å². The van der Waals surface area contributed by atoms with Crippen LogP contribution in [0.1, 0.15) is 24.6 Å². The Balaban J connectivity index is 1.75. The molecule has 0 fully saturated rings. The Morgan fingerprint density at radius 2 is 1.87 bits per heavy atom. The molecule has 2 aromatic carbocycles. The van der Waals surface area contributed by atoms with Gasteiger partial charge in [0.25, 0.3) is 0 Å². The van der Waals surface area contributed by atoms with Gasteiger partial charge in [-0.3, -0.25) is 29.4 Å². The summed E-state index contributed by atoms with van der Waals surface area (Å²) < 4.78 is 21.4. The number of nitrogens with zero attached hydrogens (tertiary/aromatic N) is 5. The van der Waals surface area contributed by atoms with Crippen LogP contribution < -0.4 is 26.8 Å². The van der Waals surface area contributed by atoms with E-state index in [0.717, 1.165) is 23.5 Å². The number of ether oxygens (including phenoxy) is 1. The Morgan fingerprint density at radius 1 is 1.17 bits per heavy atom. The number of aryl methyl sites for hydroxylation is 1. The van der Waals surface area contributed by atoms with Crippen LogP contribution in [0.5, 0.6) is 0 Å². The number of halogens is 2. The number of benzene rings is 2. The molecule has 46 heavy (non-hydrogen) atoms. The highest BCUT2D eigenvalue weighted by Crippen LogP contribution is 2.28. The lowest BCUT2D eigenvalue weighted by atomic mass is 10.1. The first kappa shape index (κ1) is 34.9. The lowest BCUT2D eigenvalue weighted by molar-refractivity contribution is -0.137. The van der Waals surface area contributed by atoms with Crippen molar-refractivity contribution in [2.75, 3.05) is 22.2 Å². The minimum atomic E-state index is -1.11. The molecule has 0 spiro atoms. The summed E-state index contributed by atoms with van der Waals surface area (Å²) in [5, 5.41) is 28.4. The zero-order valence-corrected chi connectivity index (χ0v) is 25.3. The molecular formula is C29H31ClFN9O6. The maximum Gasteiger partial charge on any atom is 0.411 e. The van der Waals surface area contributed by atoms with Crippen molar-refractivity contribution >= 4 is 71.7 Å². The highest BCUT2D eigenvalue weighted by molar-refractivity contribution is 6.31. The van der Waals surface area contributed by atoms with Crippen LogP contribution >= 0.6 is 11.6 Å². The van der Waals surface area contributed by atoms with E-state index in [-0.39, 0.29) is 35.7 Å². The standard InChI is InChI=1S/C29H31ClFN9O6/c1-3-39-14-12-20(38-39)16-23(28(44)35-18-4-6-19(7-5-18)36-29(45)46-15-13-26(42)43)37-25(41)11-8-21-24(40(32)17-34-33-2)10-9-22(30)27(21)31/h4-12,14,17,23H,2-3,13,15-16,32H2,1H3,(H,35,44)(H,36,45)(H,37,41)(H,42,43)/b11-8+,34-17-/t23-/m0/s1. The van der Waals surface area contributed by atoms with E-state index in [1.165, 1.54) is 36.4 Å². The van der Waals surface area contributed by atoms with Crippen LogP contribution in [0, 0.1) is 5.82 Å². The van der Waals surface area contributed by atoms with Crippen molar-refractivity contribution in [1.29, 1.82) is 0 Å². The van der Waals surface area contributed by atoms with Crippen LogP contribution in [0.3, 0.4) is 0 Å². The van der Waals surface area contributed by atoms with E-state index in [4.69, 9.17) is 27.3 Å². The maximum atomic E-state index is 14.9. The predicted octanol–water partition coefficient (Wildman–Crippen LogP) is 3.42. The molecule has 1 atom stereocenters. The molecule has 3 amide bonds. The number of carboxylic acid groups (broad SMARTS) is 1. The molecule has 0 saturated heterocycles. The summed E-state index contributed by atoms with van der Waals surface area (Å²) >= 11 is 5.94. The smallest absolute Gasteiger partial charge is 0.411 e. The minimum Gasteiger partial charge on any atom is -0.481 e. The molecule has 0 aliphatic carbocycles. The SMILES string of the molecule is C=N/N=C\N(N)c1ccc(Cl)c(F)c1/C=C/C(=O)N[C@@H](Cc1ccn(CC)n1)C(=O)Nc1ccc(NC(=O)OCCC(=O)O)cc1. The van der Waals surface area contributed by atoms with Gasteiger partial charge in [0.1, 0.15) is 19.0 Å². The van der Waals surface area contributed by atoms with E-state index in [1.807, 2.05) is 6.92 Å². The van der Waals surface area contributed by atoms with Crippen molar-refractivity contribution in [2.45, 2.75) is 32.4 Å². The number of amides is 3. The molecule has 0 bridgehead atoms. The molecule has 1 aromatic heterocycles. The van der Waals surface area contributed by atoms with E-state index in [9.17, 15) is 23.6 Å². The minimum absolute atomic E-state index is 0.0264. The van der Waals surface area contributed by atoms with Crippen molar-refractivity contribution in [3.8, 4) is 0 Å². The third-order valence-corrected chi connectivity index (χ3v) is 6.35. The quantitative estimate of drug-likeness (QED) is 0.0534. The molecule has 1 heterocycles. The van der Waals surface area contributed by atoms with E-state index in [0.29, 0.717) is 23.6 Å². The monoisotopic (exact) mass is 655 g/mol. The molecule has 17 heteroatoms. The fourth-order valence-electron chi connectivity index (χ4n) is 3.83. The Labute approximate surface area is 267 Å². The van der Waals surface area contributed by atoms with E-state index < -0.39 is 35.7 Å². The molecule has 0 saturated carbocycles. The van der Waals surface area contributed by atoms with Crippen molar-refractivity contribution in [2.24, 2.45) is 16.0 Å². The number of nitrogens with two attached hydrogens (primary N) is 1. The highest BCUT2D eigenvalue weighted by Gasteiger charge is 2.23. The second-order valence-corrected chi connectivity index (χ2v) is 9.71. The molecule has 15 nitrogen and oxygen atoms in total. The summed E-state index contributed by atoms with van der Waals surface area (Å²) in [6.07, 6.45) is 3.84. The van der Waals surface area contributed by atoms with Gasteiger partial charge in [0.2, 0.25) is 11.8 Å². The van der Waals surface area contributed by atoms with Crippen LogP contribution in [0.15, 0.2) is 64.9 Å². The molecule has 6 N–H and O–H groups in total. The number of anilines is 3. The number of hydrogen-bond acceptors (Lipinski definition) is 9. The van der Waals surface area contributed by atoms with E-state index in [2.05, 4.69) is 38.0 Å². The van der Waals surface area contributed by atoms with Crippen LogP contribution in [-0.4, -0.2) is 64.5 Å². The van der Waals surface area contributed by atoms with Crippen LogP contribution in [0.25, 0.3) is 6.08 Å². The first-order valence-electron chi connectivity index (χ1n) is 13.6. The fraction of sp³-hybridized carbons (Fsp3) is 0.207. The third-order valence-electron chi connectivity index (χ3n) is 6.06. The third kappa shape index (κ3) is 10.5. The van der Waals surface area contributed by atoms with Gasteiger partial charge in [0, 0.05) is 48.9 Å². The molecule has 3 rings (SSSR count). The molecule has 242 valence electrons. The molecule has 0 unspecified atom stereocenters. The Bertz CT molecular complexity index is 1630. The fourth-order valence-corrected chi connectivity index (χ4v) is 4.00. The van der Waals surface area contributed by atoms with Crippen molar-refractivity contribution < 1.29 is 33.4 Å². The Kier molecular flexibility index (Phi) is 12.9. The Morgan fingerprint density at radius 3 is 2.50 bits per heavy atom. The average molecular weight is 656 g/mol. The topological polar surface area (TPSA) is 206 Å². The number of aliphatic carboxylic acids is 1. The van der Waals surface area contributed by atoms with Crippen LogP contribution in [0.4, 0.5) is 26.2 Å². The van der Waals surface area contributed by atoms with Gasteiger partial charge >= 0.3 is 12.1 Å². The maximum absolute atomic E-state index is 14.9. The lowest BCUT2D eigenvalue weighted by Crippen LogP contribution is -2.44. The van der Waals surface area contributed by atoms with Crippen LogP contribution in [-0.2, 0) is 32.1 Å². The zero-order chi connectivity index (χ0) is 33.6. The molecular weight excluding hydrogens is 625 g/mol.